The maximum atomic E-state index is 12.0. The van der Waals surface area contributed by atoms with E-state index in [4.69, 9.17) is 14.9 Å². The number of carbonyl (C=O) groups is 3. The van der Waals surface area contributed by atoms with Crippen molar-refractivity contribution in [3.05, 3.63) is 66.0 Å². The van der Waals surface area contributed by atoms with Crippen molar-refractivity contribution < 1.29 is 29.3 Å². The second kappa shape index (κ2) is 14.4. The second-order valence-corrected chi connectivity index (χ2v) is 8.53. The number of aliphatic carboxylic acids is 2. The van der Waals surface area contributed by atoms with E-state index in [-0.39, 0.29) is 0 Å². The molecule has 0 radical (unpaired) electrons. The van der Waals surface area contributed by atoms with Gasteiger partial charge in [0.15, 0.2) is 0 Å². The van der Waals surface area contributed by atoms with Gasteiger partial charge >= 0.3 is 18.0 Å². The highest BCUT2D eigenvalue weighted by molar-refractivity contribution is 6.07. The summed E-state index contributed by atoms with van der Waals surface area (Å²) in [6.07, 6.45) is 2.01. The number of unbranched alkanes of at least 4 members (excludes halogenated alkanes) is 1. The van der Waals surface area contributed by atoms with Gasteiger partial charge in [-0.2, -0.15) is 4.99 Å². The van der Waals surface area contributed by atoms with Gasteiger partial charge in [-0.3, -0.25) is 9.59 Å². The number of carbonyl (C=O) groups excluding carboxylic acids is 1. The molecule has 0 unspecified atom stereocenters. The molecule has 36 heavy (non-hydrogen) atoms. The fourth-order valence-electron chi connectivity index (χ4n) is 3.42. The highest BCUT2D eigenvalue weighted by Gasteiger charge is 2.08. The van der Waals surface area contributed by atoms with E-state index in [2.05, 4.69) is 53.9 Å². The van der Waals surface area contributed by atoms with Crippen molar-refractivity contribution in [1.82, 2.24) is 10.3 Å². The van der Waals surface area contributed by atoms with Crippen LogP contribution in [0.2, 0.25) is 0 Å². The maximum absolute atomic E-state index is 12.0. The molecule has 0 aliphatic heterocycles. The SMILES string of the molecule is C=CCCCOC(=O)N=c1cccc2c(c1)[nH]c1c(CNCC(C)C)cccc12.O=C(O)CC(=O)O. The molecule has 1 aromatic heterocycles. The molecule has 2 aromatic carbocycles. The molecule has 0 saturated heterocycles. The average molecular weight is 496 g/mol. The number of fused-ring (bicyclic) bond motifs is 3. The zero-order chi connectivity index (χ0) is 26.5. The van der Waals surface area contributed by atoms with Gasteiger partial charge in [-0.1, -0.05) is 50.3 Å². The fourth-order valence-corrected chi connectivity index (χ4v) is 3.42. The molecule has 3 rings (SSSR count). The summed E-state index contributed by atoms with van der Waals surface area (Å²) in [5.74, 6) is -2.02. The molecule has 0 fully saturated rings. The van der Waals surface area contributed by atoms with Gasteiger partial charge in [-0.05, 0) is 43.0 Å². The molecule has 0 atom stereocenters. The number of carboxylic acid groups (broad SMARTS) is 2. The number of ether oxygens (including phenoxy) is 1. The molecule has 0 aliphatic rings. The zero-order valence-electron chi connectivity index (χ0n) is 20.6. The van der Waals surface area contributed by atoms with Crippen LogP contribution in [0.1, 0.15) is 38.7 Å². The van der Waals surface area contributed by atoms with Gasteiger partial charge < -0.3 is 25.3 Å². The van der Waals surface area contributed by atoms with Crippen LogP contribution in [0.5, 0.6) is 0 Å². The van der Waals surface area contributed by atoms with Gasteiger partial charge in [0, 0.05) is 22.8 Å². The Labute approximate surface area is 209 Å². The highest BCUT2D eigenvalue weighted by atomic mass is 16.5. The molecule has 192 valence electrons. The Bertz CT molecular complexity index is 1270. The number of amides is 1. The number of nitrogens with one attached hydrogen (secondary N) is 2. The summed E-state index contributed by atoms with van der Waals surface area (Å²) < 4.78 is 5.16. The number of para-hydroxylation sites is 1. The predicted molar refractivity (Wildman–Crippen MR) is 139 cm³/mol. The zero-order valence-corrected chi connectivity index (χ0v) is 20.6. The summed E-state index contributed by atoms with van der Waals surface area (Å²) in [7, 11) is 0. The number of hydrogen-bond acceptors (Lipinski definition) is 5. The van der Waals surface area contributed by atoms with Crippen molar-refractivity contribution in [3.63, 3.8) is 0 Å². The minimum Gasteiger partial charge on any atom is -0.481 e. The number of H-pyrrole nitrogens is 1. The van der Waals surface area contributed by atoms with Crippen molar-refractivity contribution in [2.24, 2.45) is 10.9 Å². The van der Waals surface area contributed by atoms with E-state index >= 15 is 0 Å². The lowest BCUT2D eigenvalue weighted by Crippen LogP contribution is -2.19. The van der Waals surface area contributed by atoms with Crippen molar-refractivity contribution in [3.8, 4) is 0 Å². The van der Waals surface area contributed by atoms with Crippen LogP contribution < -0.4 is 10.7 Å². The fraction of sp³-hybridized carbons (Fsp3) is 0.333. The second-order valence-electron chi connectivity index (χ2n) is 8.53. The minimum absolute atomic E-state index is 0.349. The van der Waals surface area contributed by atoms with Crippen LogP contribution in [0.4, 0.5) is 4.79 Å². The van der Waals surface area contributed by atoms with Crippen LogP contribution in [0.25, 0.3) is 21.8 Å². The van der Waals surface area contributed by atoms with Crippen molar-refractivity contribution in [2.45, 2.75) is 39.7 Å². The molecule has 0 saturated carbocycles. The Hall–Kier alpha value is -3.98. The molecule has 1 heterocycles. The predicted octanol–water partition coefficient (Wildman–Crippen LogP) is 4.62. The molecule has 0 bridgehead atoms. The van der Waals surface area contributed by atoms with Gasteiger partial charge in [0.2, 0.25) is 0 Å². The first kappa shape index (κ1) is 28.3. The molecular formula is C27H33N3O6. The topological polar surface area (TPSA) is 141 Å². The minimum atomic E-state index is -1.31. The van der Waals surface area contributed by atoms with E-state index < -0.39 is 24.5 Å². The lowest BCUT2D eigenvalue weighted by atomic mass is 10.1. The maximum Gasteiger partial charge on any atom is 0.434 e. The number of carboxylic acids is 2. The van der Waals surface area contributed by atoms with Crippen LogP contribution in [-0.2, 0) is 20.9 Å². The first-order chi connectivity index (χ1) is 17.2. The van der Waals surface area contributed by atoms with E-state index in [9.17, 15) is 14.4 Å². The van der Waals surface area contributed by atoms with Crippen molar-refractivity contribution >= 4 is 39.8 Å². The number of allylic oxidation sites excluding steroid dienone is 1. The summed E-state index contributed by atoms with van der Waals surface area (Å²) in [6, 6.07) is 14.0. The van der Waals surface area contributed by atoms with Gasteiger partial charge in [0.1, 0.15) is 6.42 Å². The average Bonchev–Trinajstić information content (AvgIpc) is 3.01. The lowest BCUT2D eigenvalue weighted by Gasteiger charge is -2.08. The van der Waals surface area contributed by atoms with Crippen LogP contribution in [-0.4, -0.2) is 46.4 Å². The standard InChI is InChI=1S/C24H29N3O2.C3H4O4/c1-4-5-6-13-29-24(28)26-19-10-8-11-20-21-12-7-9-18(16-25-15-17(2)3)23(21)27-22(20)14-19;4-2(5)1-3(6)7/h4,7-12,14,17,25,27H,1,5-6,13,15-16H2,2-3H3;1H2,(H,4,5)(H,6,7). The molecule has 3 aromatic rings. The van der Waals surface area contributed by atoms with Gasteiger partial charge in [-0.25, -0.2) is 4.79 Å². The molecule has 9 nitrogen and oxygen atoms in total. The molecular weight excluding hydrogens is 462 g/mol. The van der Waals surface area contributed by atoms with Crippen LogP contribution in [0.15, 0.2) is 60.1 Å². The lowest BCUT2D eigenvalue weighted by molar-refractivity contribution is -0.147. The molecule has 4 N–H and O–H groups in total. The Kier molecular flexibility index (Phi) is 11.3. The Morgan fingerprint density at radius 1 is 1.11 bits per heavy atom. The van der Waals surface area contributed by atoms with E-state index in [1.807, 2.05) is 24.3 Å². The summed E-state index contributed by atoms with van der Waals surface area (Å²) >= 11 is 0. The summed E-state index contributed by atoms with van der Waals surface area (Å²) in [5, 5.41) is 21.7. The largest absolute Gasteiger partial charge is 0.481 e. The smallest absolute Gasteiger partial charge is 0.434 e. The molecule has 0 aliphatic carbocycles. The van der Waals surface area contributed by atoms with Crippen LogP contribution in [0, 0.1) is 5.92 Å². The summed E-state index contributed by atoms with van der Waals surface area (Å²) in [6.45, 7) is 10.2. The number of nitrogens with zero attached hydrogens (tertiary/aromatic N) is 1. The van der Waals surface area contributed by atoms with E-state index in [1.54, 1.807) is 6.08 Å². The number of benzene rings is 1. The summed E-state index contributed by atoms with van der Waals surface area (Å²) in [4.78, 5) is 38.4. The number of hydrogen-bond donors (Lipinski definition) is 4. The quantitative estimate of drug-likeness (QED) is 0.183. The first-order valence-electron chi connectivity index (χ1n) is 11.7. The third-order valence-electron chi connectivity index (χ3n) is 4.98. The molecule has 9 heteroatoms. The third-order valence-corrected chi connectivity index (χ3v) is 4.98. The van der Waals surface area contributed by atoms with Crippen molar-refractivity contribution in [2.75, 3.05) is 13.2 Å². The van der Waals surface area contributed by atoms with E-state index in [1.165, 1.54) is 5.56 Å². The Morgan fingerprint density at radius 3 is 2.44 bits per heavy atom. The number of aromatic nitrogens is 1. The molecule has 0 spiro atoms. The van der Waals surface area contributed by atoms with Gasteiger partial charge in [0.25, 0.3) is 0 Å². The van der Waals surface area contributed by atoms with Crippen LogP contribution >= 0.6 is 0 Å². The van der Waals surface area contributed by atoms with Crippen molar-refractivity contribution in [1.29, 1.82) is 0 Å². The number of aromatic amines is 1. The monoisotopic (exact) mass is 495 g/mol. The van der Waals surface area contributed by atoms with Gasteiger partial charge in [-0.15, -0.1) is 6.58 Å². The Balaban J connectivity index is 0.000000572. The third kappa shape index (κ3) is 9.34. The molecule has 1 amide bonds. The first-order valence-corrected chi connectivity index (χ1v) is 11.7. The Morgan fingerprint density at radius 2 is 1.81 bits per heavy atom. The van der Waals surface area contributed by atoms with Crippen LogP contribution in [0.3, 0.4) is 0 Å². The highest BCUT2D eigenvalue weighted by Crippen LogP contribution is 2.26. The van der Waals surface area contributed by atoms with Gasteiger partial charge in [0.05, 0.1) is 17.5 Å². The number of rotatable bonds is 10. The normalized spacial score (nSPS) is 11.2. The summed E-state index contributed by atoms with van der Waals surface area (Å²) in [5.41, 5.74) is 3.28. The van der Waals surface area contributed by atoms with E-state index in [0.29, 0.717) is 17.9 Å². The van der Waals surface area contributed by atoms with E-state index in [0.717, 1.165) is 47.7 Å².